The first-order valence-corrected chi connectivity index (χ1v) is 11.6. The Morgan fingerprint density at radius 1 is 0.867 bits per heavy atom. The average Bonchev–Trinajstić information content (AvgIpc) is 3.22. The van der Waals surface area contributed by atoms with Gasteiger partial charge >= 0.3 is 0 Å². The van der Waals surface area contributed by atoms with E-state index >= 15 is 0 Å². The maximum absolute atomic E-state index is 14.6. The molecule has 4 aromatic rings. The lowest BCUT2D eigenvalue weighted by atomic mass is 9.95. The van der Waals surface area contributed by atoms with E-state index in [0.717, 1.165) is 23.8 Å². The highest BCUT2D eigenvalue weighted by atomic mass is 32.2. The van der Waals surface area contributed by atoms with Gasteiger partial charge in [0.1, 0.15) is 5.82 Å². The number of hydrogen-bond acceptors (Lipinski definition) is 3. The minimum absolute atomic E-state index is 0.243. The number of halogens is 1. The van der Waals surface area contributed by atoms with Gasteiger partial charge in [-0.2, -0.15) is 0 Å². The van der Waals surface area contributed by atoms with Gasteiger partial charge in [0.2, 0.25) is 0 Å². The highest BCUT2D eigenvalue weighted by Gasteiger charge is 2.25. The summed E-state index contributed by atoms with van der Waals surface area (Å²) in [6, 6.07) is 22.1. The van der Waals surface area contributed by atoms with Gasteiger partial charge in [-0.05, 0) is 41.3 Å². The van der Waals surface area contributed by atoms with E-state index in [9.17, 15) is 4.39 Å². The van der Waals surface area contributed by atoms with Crippen molar-refractivity contribution < 1.29 is 4.39 Å². The Morgan fingerprint density at radius 2 is 1.63 bits per heavy atom. The summed E-state index contributed by atoms with van der Waals surface area (Å²) >= 11 is 1.70. The maximum atomic E-state index is 14.6. The maximum Gasteiger partial charge on any atom is 0.192 e. The molecule has 1 aliphatic carbocycles. The van der Waals surface area contributed by atoms with E-state index in [-0.39, 0.29) is 5.82 Å². The second-order valence-corrected chi connectivity index (χ2v) is 8.82. The van der Waals surface area contributed by atoms with E-state index in [1.807, 2.05) is 6.07 Å². The number of benzene rings is 3. The fraction of sp³-hybridized carbons (Fsp3) is 0.280. The highest BCUT2D eigenvalue weighted by Crippen LogP contribution is 2.37. The molecule has 0 unspecified atom stereocenters. The van der Waals surface area contributed by atoms with Crippen LogP contribution in [0.25, 0.3) is 22.2 Å². The van der Waals surface area contributed by atoms with Gasteiger partial charge in [-0.25, -0.2) is 4.39 Å². The summed E-state index contributed by atoms with van der Waals surface area (Å²) in [7, 11) is 0. The van der Waals surface area contributed by atoms with E-state index in [2.05, 4.69) is 57.2 Å². The van der Waals surface area contributed by atoms with Crippen LogP contribution in [-0.2, 0) is 5.75 Å². The van der Waals surface area contributed by atoms with Crippen molar-refractivity contribution in [1.29, 1.82) is 0 Å². The van der Waals surface area contributed by atoms with Crippen LogP contribution in [-0.4, -0.2) is 14.8 Å². The van der Waals surface area contributed by atoms with Crippen molar-refractivity contribution in [2.75, 3.05) is 0 Å². The van der Waals surface area contributed by atoms with Crippen LogP contribution in [0.4, 0.5) is 4.39 Å². The molecular weight excluding hydrogens is 393 g/mol. The lowest BCUT2D eigenvalue weighted by molar-refractivity contribution is 0.339. The Bertz CT molecular complexity index is 1160. The van der Waals surface area contributed by atoms with Crippen LogP contribution in [0.2, 0.25) is 0 Å². The van der Waals surface area contributed by atoms with Gasteiger partial charge < -0.3 is 0 Å². The molecule has 5 heteroatoms. The standard InChI is InChI=1S/C25H24FN3S/c26-23-16-7-6-15-22(23)24-27-28-25(29(24)20-12-2-1-3-13-20)30-17-19-11-8-10-18-9-4-5-14-21(18)19/h4-11,14-16,20H,1-3,12-13,17H2. The van der Waals surface area contributed by atoms with Gasteiger partial charge in [0.15, 0.2) is 11.0 Å². The van der Waals surface area contributed by atoms with Crippen molar-refractivity contribution in [3.05, 3.63) is 78.1 Å². The van der Waals surface area contributed by atoms with Crippen LogP contribution in [0.3, 0.4) is 0 Å². The van der Waals surface area contributed by atoms with E-state index in [4.69, 9.17) is 0 Å². The molecule has 0 spiro atoms. The fourth-order valence-corrected chi connectivity index (χ4v) is 5.44. The molecular formula is C25H24FN3S. The third-order valence-corrected chi connectivity index (χ3v) is 6.95. The molecule has 0 amide bonds. The third kappa shape index (κ3) is 3.74. The zero-order valence-electron chi connectivity index (χ0n) is 16.8. The first-order chi connectivity index (χ1) is 14.8. The molecule has 1 aliphatic rings. The normalized spacial score (nSPS) is 15.0. The second kappa shape index (κ2) is 8.60. The van der Waals surface area contributed by atoms with Crippen molar-refractivity contribution in [2.45, 2.75) is 49.1 Å². The number of fused-ring (bicyclic) bond motifs is 1. The van der Waals surface area contributed by atoms with Gasteiger partial charge in [0.25, 0.3) is 0 Å². The van der Waals surface area contributed by atoms with E-state index in [1.165, 1.54) is 41.7 Å². The first-order valence-electron chi connectivity index (χ1n) is 10.6. The Morgan fingerprint density at radius 3 is 2.50 bits per heavy atom. The Labute approximate surface area is 180 Å². The number of aromatic nitrogens is 3. The molecule has 1 saturated carbocycles. The second-order valence-electron chi connectivity index (χ2n) is 7.87. The SMILES string of the molecule is Fc1ccccc1-c1nnc(SCc2cccc3ccccc23)n1C1CCCCC1. The monoisotopic (exact) mass is 417 g/mol. The molecule has 30 heavy (non-hydrogen) atoms. The molecule has 5 rings (SSSR count). The van der Waals surface area contributed by atoms with Crippen molar-refractivity contribution in [1.82, 2.24) is 14.8 Å². The van der Waals surface area contributed by atoms with Crippen molar-refractivity contribution in [3.8, 4) is 11.4 Å². The van der Waals surface area contributed by atoms with E-state index < -0.39 is 0 Å². The summed E-state index contributed by atoms with van der Waals surface area (Å²) < 4.78 is 16.8. The Balaban J connectivity index is 1.51. The summed E-state index contributed by atoms with van der Waals surface area (Å²) in [6.07, 6.45) is 5.87. The van der Waals surface area contributed by atoms with Crippen LogP contribution in [0.5, 0.6) is 0 Å². The molecule has 0 N–H and O–H groups in total. The predicted octanol–water partition coefficient (Wildman–Crippen LogP) is 7.03. The molecule has 0 radical (unpaired) electrons. The van der Waals surface area contributed by atoms with Gasteiger partial charge in [-0.15, -0.1) is 10.2 Å². The lowest BCUT2D eigenvalue weighted by Crippen LogP contribution is -2.15. The van der Waals surface area contributed by atoms with Crippen molar-refractivity contribution >= 4 is 22.5 Å². The summed E-state index contributed by atoms with van der Waals surface area (Å²) in [4.78, 5) is 0. The average molecular weight is 418 g/mol. The summed E-state index contributed by atoms with van der Waals surface area (Å²) in [5, 5.41) is 12.4. The lowest BCUT2D eigenvalue weighted by Gasteiger charge is -2.25. The Kier molecular flexibility index (Phi) is 5.54. The van der Waals surface area contributed by atoms with Gasteiger partial charge in [0, 0.05) is 11.8 Å². The Hall–Kier alpha value is -2.66. The molecule has 3 nitrogen and oxygen atoms in total. The van der Waals surface area contributed by atoms with Crippen LogP contribution >= 0.6 is 11.8 Å². The highest BCUT2D eigenvalue weighted by molar-refractivity contribution is 7.98. The van der Waals surface area contributed by atoms with Crippen molar-refractivity contribution in [3.63, 3.8) is 0 Å². The molecule has 1 aromatic heterocycles. The number of thioether (sulfide) groups is 1. The zero-order valence-corrected chi connectivity index (χ0v) is 17.6. The van der Waals surface area contributed by atoms with Gasteiger partial charge in [0.05, 0.1) is 5.56 Å². The summed E-state index contributed by atoms with van der Waals surface area (Å²) in [5.74, 6) is 1.22. The van der Waals surface area contributed by atoms with Crippen LogP contribution < -0.4 is 0 Å². The van der Waals surface area contributed by atoms with Gasteiger partial charge in [-0.1, -0.05) is 85.6 Å². The largest absolute Gasteiger partial charge is 0.299 e. The summed E-state index contributed by atoms with van der Waals surface area (Å²) in [5.41, 5.74) is 1.82. The zero-order chi connectivity index (χ0) is 20.3. The molecule has 0 aliphatic heterocycles. The van der Waals surface area contributed by atoms with Crippen LogP contribution in [0.15, 0.2) is 71.9 Å². The first kappa shape index (κ1) is 19.3. The molecule has 152 valence electrons. The molecule has 1 fully saturated rings. The minimum Gasteiger partial charge on any atom is -0.299 e. The molecule has 1 heterocycles. The summed E-state index contributed by atoms with van der Waals surface area (Å²) in [6.45, 7) is 0. The fourth-order valence-electron chi connectivity index (χ4n) is 4.43. The van der Waals surface area contributed by atoms with Crippen LogP contribution in [0, 0.1) is 5.82 Å². The number of hydrogen-bond donors (Lipinski definition) is 0. The van der Waals surface area contributed by atoms with Crippen molar-refractivity contribution in [2.24, 2.45) is 0 Å². The molecule has 0 saturated heterocycles. The predicted molar refractivity (Wildman–Crippen MR) is 121 cm³/mol. The van der Waals surface area contributed by atoms with Crippen LogP contribution in [0.1, 0.15) is 43.7 Å². The topological polar surface area (TPSA) is 30.7 Å². The molecule has 0 atom stereocenters. The quantitative estimate of drug-likeness (QED) is 0.326. The molecule has 0 bridgehead atoms. The van der Waals surface area contributed by atoms with Gasteiger partial charge in [-0.3, -0.25) is 4.57 Å². The smallest absolute Gasteiger partial charge is 0.192 e. The number of rotatable bonds is 5. The van der Waals surface area contributed by atoms with E-state index in [0.29, 0.717) is 17.4 Å². The molecule has 3 aromatic carbocycles. The minimum atomic E-state index is -0.243. The number of nitrogens with zero attached hydrogens (tertiary/aromatic N) is 3. The van der Waals surface area contributed by atoms with E-state index in [1.54, 1.807) is 23.9 Å². The third-order valence-electron chi connectivity index (χ3n) is 5.96.